The molecule has 1 amide bonds. The minimum atomic E-state index is 0.0177. The molecule has 0 spiro atoms. The number of carbonyl (C=O) groups is 1. The van der Waals surface area contributed by atoms with Crippen molar-refractivity contribution >= 4 is 27.5 Å². The van der Waals surface area contributed by atoms with Gasteiger partial charge in [-0.2, -0.15) is 0 Å². The first kappa shape index (κ1) is 16.0. The van der Waals surface area contributed by atoms with Gasteiger partial charge in [0.1, 0.15) is 5.75 Å². The molecule has 0 bridgehead atoms. The number of hydrogen-bond donors (Lipinski definition) is 2. The lowest BCUT2D eigenvalue weighted by Gasteiger charge is -2.10. The van der Waals surface area contributed by atoms with Crippen LogP contribution < -0.4 is 15.8 Å². The Kier molecular flexibility index (Phi) is 7.52. The van der Waals surface area contributed by atoms with Gasteiger partial charge in [0.2, 0.25) is 5.91 Å². The number of methoxy groups -OCH3 is 1. The Hall–Kier alpha value is -1.07. The molecule has 0 fully saturated rings. The molecule has 5 heteroatoms. The number of nitrogens with two attached hydrogens (primary N) is 1. The molecule has 0 heterocycles. The zero-order chi connectivity index (χ0) is 14.1. The van der Waals surface area contributed by atoms with Crippen molar-refractivity contribution in [1.29, 1.82) is 0 Å². The Labute approximate surface area is 122 Å². The maximum atomic E-state index is 11.8. The Morgan fingerprint density at radius 3 is 2.74 bits per heavy atom. The zero-order valence-electron chi connectivity index (χ0n) is 11.2. The van der Waals surface area contributed by atoms with Gasteiger partial charge in [-0.25, -0.2) is 0 Å². The monoisotopic (exact) mass is 328 g/mol. The third-order valence-corrected chi connectivity index (χ3v) is 3.29. The van der Waals surface area contributed by atoms with Crippen molar-refractivity contribution in [3.63, 3.8) is 0 Å². The quantitative estimate of drug-likeness (QED) is 0.719. The molecule has 1 aromatic carbocycles. The Morgan fingerprint density at radius 2 is 2.05 bits per heavy atom. The topological polar surface area (TPSA) is 64.3 Å². The van der Waals surface area contributed by atoms with Crippen LogP contribution in [0.5, 0.6) is 5.75 Å². The summed E-state index contributed by atoms with van der Waals surface area (Å²) in [6, 6.07) is 5.54. The summed E-state index contributed by atoms with van der Waals surface area (Å²) in [7, 11) is 1.59. The smallest absolute Gasteiger partial charge is 0.224 e. The van der Waals surface area contributed by atoms with Crippen molar-refractivity contribution in [3.8, 4) is 5.75 Å². The highest BCUT2D eigenvalue weighted by Gasteiger charge is 2.07. The van der Waals surface area contributed by atoms with E-state index in [9.17, 15) is 4.79 Å². The predicted octanol–water partition coefficient (Wildman–Crippen LogP) is 3.31. The normalized spacial score (nSPS) is 10.3. The molecule has 0 aliphatic carbocycles. The highest BCUT2D eigenvalue weighted by Crippen LogP contribution is 2.28. The molecule has 4 nitrogen and oxygen atoms in total. The second-order valence-electron chi connectivity index (χ2n) is 4.35. The fourth-order valence-corrected chi connectivity index (χ4v) is 2.14. The number of benzene rings is 1. The molecule has 1 rings (SSSR count). The molecule has 0 aliphatic heterocycles. The molecule has 3 N–H and O–H groups in total. The van der Waals surface area contributed by atoms with Crippen LogP contribution >= 0.6 is 15.9 Å². The number of amides is 1. The lowest BCUT2D eigenvalue weighted by molar-refractivity contribution is -0.116. The second-order valence-corrected chi connectivity index (χ2v) is 5.26. The number of rotatable bonds is 8. The van der Waals surface area contributed by atoms with Crippen LogP contribution in [-0.2, 0) is 4.79 Å². The molecule has 19 heavy (non-hydrogen) atoms. The number of nitrogens with one attached hydrogen (secondary N) is 1. The van der Waals surface area contributed by atoms with E-state index in [0.717, 1.165) is 36.7 Å². The average Bonchev–Trinajstić information content (AvgIpc) is 2.39. The van der Waals surface area contributed by atoms with Crippen LogP contribution in [-0.4, -0.2) is 19.6 Å². The first-order valence-corrected chi connectivity index (χ1v) is 7.30. The largest absolute Gasteiger partial charge is 0.495 e. The summed E-state index contributed by atoms with van der Waals surface area (Å²) in [5.41, 5.74) is 6.12. The van der Waals surface area contributed by atoms with Crippen LogP contribution in [0.1, 0.15) is 32.1 Å². The van der Waals surface area contributed by atoms with E-state index in [1.165, 1.54) is 0 Å². The number of halogens is 1. The highest BCUT2D eigenvalue weighted by atomic mass is 79.9. The van der Waals surface area contributed by atoms with Gasteiger partial charge in [-0.3, -0.25) is 4.79 Å². The molecule has 0 aliphatic rings. The molecule has 1 aromatic rings. The molecule has 106 valence electrons. The third-order valence-electron chi connectivity index (χ3n) is 2.79. The first-order chi connectivity index (χ1) is 9.17. The van der Waals surface area contributed by atoms with E-state index in [-0.39, 0.29) is 5.91 Å². The number of anilines is 1. The maximum absolute atomic E-state index is 11.8. The molecule has 0 saturated carbocycles. The maximum Gasteiger partial charge on any atom is 0.224 e. The number of carbonyl (C=O) groups excluding carboxylic acids is 1. The van der Waals surface area contributed by atoms with E-state index in [0.29, 0.717) is 17.9 Å². The van der Waals surface area contributed by atoms with Crippen LogP contribution in [0, 0.1) is 0 Å². The second kappa shape index (κ2) is 8.93. The lowest BCUT2D eigenvalue weighted by Crippen LogP contribution is -2.12. The summed E-state index contributed by atoms with van der Waals surface area (Å²) >= 11 is 3.38. The number of hydrogen-bond acceptors (Lipinski definition) is 3. The van der Waals surface area contributed by atoms with E-state index < -0.39 is 0 Å². The van der Waals surface area contributed by atoms with Crippen molar-refractivity contribution in [2.45, 2.75) is 32.1 Å². The van der Waals surface area contributed by atoms with Crippen LogP contribution in [0.3, 0.4) is 0 Å². The van der Waals surface area contributed by atoms with Crippen molar-refractivity contribution in [3.05, 3.63) is 22.7 Å². The van der Waals surface area contributed by atoms with E-state index in [1.54, 1.807) is 7.11 Å². The van der Waals surface area contributed by atoms with Crippen molar-refractivity contribution < 1.29 is 9.53 Å². The molecule has 0 saturated heterocycles. The van der Waals surface area contributed by atoms with Gasteiger partial charge in [-0.05, 0) is 37.6 Å². The molecule has 0 radical (unpaired) electrons. The SMILES string of the molecule is COc1ccc(Br)cc1NC(=O)CCCCCCN. The molecule has 0 unspecified atom stereocenters. The predicted molar refractivity (Wildman–Crippen MR) is 81.5 cm³/mol. The summed E-state index contributed by atoms with van der Waals surface area (Å²) in [4.78, 5) is 11.8. The average molecular weight is 329 g/mol. The van der Waals surface area contributed by atoms with E-state index in [4.69, 9.17) is 10.5 Å². The summed E-state index contributed by atoms with van der Waals surface area (Å²) in [6.07, 6.45) is 4.58. The van der Waals surface area contributed by atoms with Gasteiger partial charge in [0.15, 0.2) is 0 Å². The molecular formula is C14H21BrN2O2. The van der Waals surface area contributed by atoms with Gasteiger partial charge in [-0.1, -0.05) is 28.8 Å². The zero-order valence-corrected chi connectivity index (χ0v) is 12.8. The number of unbranched alkanes of at least 4 members (excludes halogenated alkanes) is 3. The Bertz CT molecular complexity index is 410. The lowest BCUT2D eigenvalue weighted by atomic mass is 10.1. The number of ether oxygens (including phenoxy) is 1. The van der Waals surface area contributed by atoms with Crippen LogP contribution in [0.4, 0.5) is 5.69 Å². The van der Waals surface area contributed by atoms with Crippen LogP contribution in [0.15, 0.2) is 22.7 Å². The van der Waals surface area contributed by atoms with Crippen molar-refractivity contribution in [2.75, 3.05) is 19.0 Å². The Balaban J connectivity index is 2.41. The van der Waals surface area contributed by atoms with Gasteiger partial charge < -0.3 is 15.8 Å². The molecule has 0 atom stereocenters. The van der Waals surface area contributed by atoms with E-state index in [1.807, 2.05) is 18.2 Å². The van der Waals surface area contributed by atoms with Crippen LogP contribution in [0.25, 0.3) is 0 Å². The van der Waals surface area contributed by atoms with Crippen LogP contribution in [0.2, 0.25) is 0 Å². The molecular weight excluding hydrogens is 308 g/mol. The van der Waals surface area contributed by atoms with Crippen molar-refractivity contribution in [1.82, 2.24) is 0 Å². The Morgan fingerprint density at radius 1 is 1.32 bits per heavy atom. The summed E-state index contributed by atoms with van der Waals surface area (Å²) in [6.45, 7) is 0.724. The third kappa shape index (κ3) is 6.07. The minimum absolute atomic E-state index is 0.0177. The van der Waals surface area contributed by atoms with E-state index in [2.05, 4.69) is 21.2 Å². The fraction of sp³-hybridized carbons (Fsp3) is 0.500. The minimum Gasteiger partial charge on any atom is -0.495 e. The molecule has 0 aromatic heterocycles. The van der Waals surface area contributed by atoms with Gasteiger partial charge in [0, 0.05) is 10.9 Å². The summed E-state index contributed by atoms with van der Waals surface area (Å²) in [5, 5.41) is 2.87. The highest BCUT2D eigenvalue weighted by molar-refractivity contribution is 9.10. The van der Waals surface area contributed by atoms with Gasteiger partial charge >= 0.3 is 0 Å². The van der Waals surface area contributed by atoms with E-state index >= 15 is 0 Å². The summed E-state index contributed by atoms with van der Waals surface area (Å²) in [5.74, 6) is 0.684. The van der Waals surface area contributed by atoms with Gasteiger partial charge in [0.05, 0.1) is 12.8 Å². The standard InChI is InChI=1S/C14H21BrN2O2/c1-19-13-8-7-11(15)10-12(13)17-14(18)6-4-2-3-5-9-16/h7-8,10H,2-6,9,16H2,1H3,(H,17,18). The first-order valence-electron chi connectivity index (χ1n) is 6.51. The summed E-state index contributed by atoms with van der Waals surface area (Å²) < 4.78 is 6.12. The van der Waals surface area contributed by atoms with Gasteiger partial charge in [-0.15, -0.1) is 0 Å². The van der Waals surface area contributed by atoms with Crippen molar-refractivity contribution in [2.24, 2.45) is 5.73 Å². The fourth-order valence-electron chi connectivity index (χ4n) is 1.77. The van der Waals surface area contributed by atoms with Gasteiger partial charge in [0.25, 0.3) is 0 Å².